The molecule has 2 aromatic rings. The molecule has 0 aliphatic carbocycles. The van der Waals surface area contributed by atoms with Crippen molar-refractivity contribution in [2.75, 3.05) is 50.1 Å². The van der Waals surface area contributed by atoms with Crippen molar-refractivity contribution >= 4 is 11.8 Å². The zero-order chi connectivity index (χ0) is 17.1. The Morgan fingerprint density at radius 3 is 2.54 bits per heavy atom. The lowest BCUT2D eigenvalue weighted by atomic mass is 10.2. The fourth-order valence-electron chi connectivity index (χ4n) is 2.80. The Kier molecular flexibility index (Phi) is 4.80. The van der Waals surface area contributed by atoms with Crippen LogP contribution in [0.1, 0.15) is 11.4 Å². The quantitative estimate of drug-likeness (QED) is 0.906. The van der Waals surface area contributed by atoms with Crippen LogP contribution >= 0.6 is 0 Å². The Morgan fingerprint density at radius 1 is 1.08 bits per heavy atom. The molecule has 1 aliphatic heterocycles. The summed E-state index contributed by atoms with van der Waals surface area (Å²) in [6.07, 6.45) is 1.80. The van der Waals surface area contributed by atoms with Crippen LogP contribution in [0.25, 0.3) is 0 Å². The van der Waals surface area contributed by atoms with Gasteiger partial charge in [0.05, 0.1) is 5.69 Å². The highest BCUT2D eigenvalue weighted by Crippen LogP contribution is 2.20. The molecule has 0 unspecified atom stereocenters. The van der Waals surface area contributed by atoms with E-state index in [9.17, 15) is 5.11 Å². The van der Waals surface area contributed by atoms with Gasteiger partial charge in [0.1, 0.15) is 11.6 Å². The first-order valence-electron chi connectivity index (χ1n) is 8.16. The molecule has 1 N–H and O–H groups in total. The topological polar surface area (TPSA) is 68.6 Å². The molecule has 0 radical (unpaired) electrons. The summed E-state index contributed by atoms with van der Waals surface area (Å²) in [4.78, 5) is 19.8. The van der Waals surface area contributed by atoms with Gasteiger partial charge in [-0.25, -0.2) is 4.98 Å². The fourth-order valence-corrected chi connectivity index (χ4v) is 2.80. The van der Waals surface area contributed by atoms with E-state index in [4.69, 9.17) is 0 Å². The van der Waals surface area contributed by atoms with Crippen molar-refractivity contribution in [1.82, 2.24) is 19.9 Å². The van der Waals surface area contributed by atoms with E-state index >= 15 is 0 Å². The average Bonchev–Trinajstić information content (AvgIpc) is 2.59. The molecular formula is C17H24N6O. The maximum absolute atomic E-state index is 9.96. The number of nitrogens with zero attached hydrogens (tertiary/aromatic N) is 6. The summed E-state index contributed by atoms with van der Waals surface area (Å²) < 4.78 is 0. The predicted molar refractivity (Wildman–Crippen MR) is 94.5 cm³/mol. The molecule has 1 fully saturated rings. The Hall–Kier alpha value is -2.41. The monoisotopic (exact) mass is 328 g/mol. The highest BCUT2D eigenvalue weighted by atomic mass is 16.3. The molecular weight excluding hydrogens is 304 g/mol. The molecule has 24 heavy (non-hydrogen) atoms. The van der Waals surface area contributed by atoms with Crippen LogP contribution in [0.3, 0.4) is 0 Å². The normalized spacial score (nSPS) is 15.5. The number of aromatic hydroxyl groups is 1. The SMILES string of the molecule is Cc1ccc(O)c(CN2CCN(c3ccnc(N(C)C)n3)CC2)n1. The molecule has 2 aromatic heterocycles. The van der Waals surface area contributed by atoms with Crippen LogP contribution in [0, 0.1) is 6.92 Å². The lowest BCUT2D eigenvalue weighted by Crippen LogP contribution is -2.46. The number of hydrogen-bond acceptors (Lipinski definition) is 7. The summed E-state index contributed by atoms with van der Waals surface area (Å²) >= 11 is 0. The van der Waals surface area contributed by atoms with E-state index in [1.54, 1.807) is 12.3 Å². The van der Waals surface area contributed by atoms with Crippen molar-refractivity contribution in [3.63, 3.8) is 0 Å². The molecule has 0 aromatic carbocycles. The second-order valence-electron chi connectivity index (χ2n) is 6.29. The lowest BCUT2D eigenvalue weighted by Gasteiger charge is -2.35. The van der Waals surface area contributed by atoms with Crippen LogP contribution in [-0.2, 0) is 6.54 Å². The molecule has 7 heteroatoms. The predicted octanol–water partition coefficient (Wildman–Crippen LogP) is 1.27. The molecule has 3 rings (SSSR count). The second kappa shape index (κ2) is 7.00. The van der Waals surface area contributed by atoms with E-state index in [0.29, 0.717) is 6.54 Å². The van der Waals surface area contributed by atoms with Gasteiger partial charge >= 0.3 is 0 Å². The van der Waals surface area contributed by atoms with Gasteiger partial charge < -0.3 is 14.9 Å². The molecule has 0 spiro atoms. The van der Waals surface area contributed by atoms with E-state index in [1.165, 1.54) is 0 Å². The van der Waals surface area contributed by atoms with Crippen LogP contribution < -0.4 is 9.80 Å². The van der Waals surface area contributed by atoms with E-state index < -0.39 is 0 Å². The Balaban J connectivity index is 1.61. The Morgan fingerprint density at radius 2 is 1.83 bits per heavy atom. The summed E-state index contributed by atoms with van der Waals surface area (Å²) in [5.74, 6) is 1.96. The zero-order valence-corrected chi connectivity index (χ0v) is 14.5. The van der Waals surface area contributed by atoms with E-state index in [-0.39, 0.29) is 5.75 Å². The first kappa shape index (κ1) is 16.4. The van der Waals surface area contributed by atoms with Gasteiger partial charge in [-0.2, -0.15) is 4.98 Å². The second-order valence-corrected chi connectivity index (χ2v) is 6.29. The van der Waals surface area contributed by atoms with Crippen LogP contribution in [0.5, 0.6) is 5.75 Å². The molecule has 3 heterocycles. The highest BCUT2D eigenvalue weighted by Gasteiger charge is 2.20. The largest absolute Gasteiger partial charge is 0.506 e. The average molecular weight is 328 g/mol. The first-order chi connectivity index (χ1) is 11.5. The molecule has 128 valence electrons. The van der Waals surface area contributed by atoms with Gasteiger partial charge in [-0.3, -0.25) is 9.88 Å². The Labute approximate surface area is 142 Å². The summed E-state index contributed by atoms with van der Waals surface area (Å²) in [6.45, 7) is 6.24. The third-order valence-corrected chi connectivity index (χ3v) is 4.19. The van der Waals surface area contributed by atoms with Gasteiger partial charge in [-0.15, -0.1) is 0 Å². The molecule has 1 saturated heterocycles. The molecule has 0 atom stereocenters. The van der Waals surface area contributed by atoms with Crippen molar-refractivity contribution < 1.29 is 5.11 Å². The molecule has 1 aliphatic rings. The van der Waals surface area contributed by atoms with Crippen molar-refractivity contribution in [2.24, 2.45) is 0 Å². The third kappa shape index (κ3) is 3.73. The van der Waals surface area contributed by atoms with Crippen molar-refractivity contribution in [2.45, 2.75) is 13.5 Å². The summed E-state index contributed by atoms with van der Waals surface area (Å²) in [7, 11) is 3.89. The number of rotatable bonds is 4. The van der Waals surface area contributed by atoms with E-state index in [0.717, 1.165) is 49.3 Å². The summed E-state index contributed by atoms with van der Waals surface area (Å²) in [5, 5.41) is 9.96. The number of aryl methyl sites for hydroxylation is 1. The Bertz CT molecular complexity index is 697. The maximum atomic E-state index is 9.96. The van der Waals surface area contributed by atoms with E-state index in [1.807, 2.05) is 38.1 Å². The minimum absolute atomic E-state index is 0.273. The maximum Gasteiger partial charge on any atom is 0.226 e. The van der Waals surface area contributed by atoms with Crippen LogP contribution in [0.2, 0.25) is 0 Å². The number of anilines is 2. The molecule has 0 bridgehead atoms. The lowest BCUT2D eigenvalue weighted by molar-refractivity contribution is 0.243. The number of hydrogen-bond donors (Lipinski definition) is 1. The van der Waals surface area contributed by atoms with Gasteiger partial charge in [0.2, 0.25) is 5.95 Å². The molecule has 0 amide bonds. The number of aromatic nitrogens is 3. The van der Waals surface area contributed by atoms with Gasteiger partial charge in [0.25, 0.3) is 0 Å². The first-order valence-corrected chi connectivity index (χ1v) is 8.16. The van der Waals surface area contributed by atoms with Gasteiger partial charge in [-0.1, -0.05) is 0 Å². The number of pyridine rings is 1. The summed E-state index contributed by atoms with van der Waals surface area (Å²) in [6, 6.07) is 5.50. The van der Waals surface area contributed by atoms with Crippen molar-refractivity contribution in [1.29, 1.82) is 0 Å². The third-order valence-electron chi connectivity index (χ3n) is 4.19. The van der Waals surface area contributed by atoms with Gasteiger partial charge in [0.15, 0.2) is 0 Å². The minimum atomic E-state index is 0.273. The highest BCUT2D eigenvalue weighted by molar-refractivity contribution is 5.43. The van der Waals surface area contributed by atoms with Gasteiger partial charge in [0, 0.05) is 58.7 Å². The van der Waals surface area contributed by atoms with Crippen molar-refractivity contribution in [3.05, 3.63) is 35.8 Å². The smallest absolute Gasteiger partial charge is 0.226 e. The van der Waals surface area contributed by atoms with E-state index in [2.05, 4.69) is 24.8 Å². The fraction of sp³-hybridized carbons (Fsp3) is 0.471. The van der Waals surface area contributed by atoms with Gasteiger partial charge in [-0.05, 0) is 25.1 Å². The van der Waals surface area contributed by atoms with Crippen LogP contribution in [0.15, 0.2) is 24.4 Å². The van der Waals surface area contributed by atoms with Crippen LogP contribution in [-0.4, -0.2) is 65.2 Å². The van der Waals surface area contributed by atoms with Crippen molar-refractivity contribution in [3.8, 4) is 5.75 Å². The van der Waals surface area contributed by atoms with Crippen LogP contribution in [0.4, 0.5) is 11.8 Å². The molecule has 7 nitrogen and oxygen atoms in total. The minimum Gasteiger partial charge on any atom is -0.506 e. The molecule has 0 saturated carbocycles. The summed E-state index contributed by atoms with van der Waals surface area (Å²) in [5.41, 5.74) is 1.68. The zero-order valence-electron chi connectivity index (χ0n) is 14.5. The standard InChI is InChI=1S/C17H24N6O/c1-13-4-5-15(24)14(19-13)12-22-8-10-23(11-9-22)16-6-7-18-17(20-16)21(2)3/h4-7,24H,8-12H2,1-3H3. The number of piperazine rings is 1.